The first-order valence-corrected chi connectivity index (χ1v) is 13.2. The molecule has 5 nitrogen and oxygen atoms in total. The van der Waals surface area contributed by atoms with E-state index in [1.807, 2.05) is 6.07 Å². The van der Waals surface area contributed by atoms with Crippen molar-refractivity contribution in [2.75, 3.05) is 0 Å². The van der Waals surface area contributed by atoms with Crippen LogP contribution in [0.25, 0.3) is 0 Å². The van der Waals surface area contributed by atoms with Gasteiger partial charge in [-0.25, -0.2) is 0 Å². The second-order valence-electron chi connectivity index (χ2n) is 11.1. The largest absolute Gasteiger partial charge is 0.329 e. The minimum absolute atomic E-state index is 0.00653. The number of rotatable bonds is 5. The molecule has 2 heterocycles. The first kappa shape index (κ1) is 22.6. The normalized spacial score (nSPS) is 32.6. The van der Waals surface area contributed by atoms with Gasteiger partial charge in [0, 0.05) is 29.9 Å². The Bertz CT molecular complexity index is 918. The summed E-state index contributed by atoms with van der Waals surface area (Å²) in [6, 6.07) is 7.31. The van der Waals surface area contributed by atoms with Crippen molar-refractivity contribution >= 4 is 11.8 Å². The monoisotopic (exact) mass is 449 g/mol. The lowest BCUT2D eigenvalue weighted by atomic mass is 9.79. The molecule has 2 amide bonds. The molecule has 1 aromatic carbocycles. The van der Waals surface area contributed by atoms with E-state index in [0.717, 1.165) is 35.6 Å². The third-order valence-electron chi connectivity index (χ3n) is 8.57. The highest BCUT2D eigenvalue weighted by Crippen LogP contribution is 2.33. The van der Waals surface area contributed by atoms with Crippen LogP contribution in [0.3, 0.4) is 0 Å². The molecule has 2 aliphatic carbocycles. The summed E-state index contributed by atoms with van der Waals surface area (Å²) in [4.78, 5) is 27.3. The van der Waals surface area contributed by atoms with Gasteiger partial charge < -0.3 is 15.5 Å². The van der Waals surface area contributed by atoms with E-state index >= 15 is 0 Å². The van der Waals surface area contributed by atoms with Gasteiger partial charge in [0.05, 0.1) is 0 Å². The third kappa shape index (κ3) is 4.89. The average molecular weight is 450 g/mol. The summed E-state index contributed by atoms with van der Waals surface area (Å²) in [5, 5.41) is 6.88. The number of benzene rings is 1. The molecular weight excluding hydrogens is 410 g/mol. The highest BCUT2D eigenvalue weighted by Gasteiger charge is 2.38. The van der Waals surface area contributed by atoms with Crippen molar-refractivity contribution in [3.05, 3.63) is 47.2 Å². The summed E-state index contributed by atoms with van der Waals surface area (Å²) in [7, 11) is 0. The molecule has 5 heteroatoms. The Morgan fingerprint density at radius 1 is 1.06 bits per heavy atom. The zero-order valence-electron chi connectivity index (χ0n) is 20.1. The van der Waals surface area contributed by atoms with Crippen LogP contribution in [-0.4, -0.2) is 34.8 Å². The summed E-state index contributed by atoms with van der Waals surface area (Å²) in [6.45, 7) is 6.78. The molecule has 1 unspecified atom stereocenters. The van der Waals surface area contributed by atoms with Gasteiger partial charge in [0.2, 0.25) is 5.91 Å². The van der Waals surface area contributed by atoms with Crippen LogP contribution in [0.15, 0.2) is 30.5 Å². The van der Waals surface area contributed by atoms with Gasteiger partial charge in [0.1, 0.15) is 6.04 Å². The van der Waals surface area contributed by atoms with Crippen molar-refractivity contribution in [3.8, 4) is 0 Å². The summed E-state index contributed by atoms with van der Waals surface area (Å²) >= 11 is 0. The van der Waals surface area contributed by atoms with E-state index in [0.29, 0.717) is 31.0 Å². The van der Waals surface area contributed by atoms with Gasteiger partial charge in [0.25, 0.3) is 5.91 Å². The van der Waals surface area contributed by atoms with E-state index < -0.39 is 0 Å². The molecule has 2 aliphatic heterocycles. The van der Waals surface area contributed by atoms with Crippen molar-refractivity contribution in [3.63, 3.8) is 0 Å². The topological polar surface area (TPSA) is 61.4 Å². The number of allylic oxidation sites excluding steroid dienone is 1. The lowest BCUT2D eigenvalue weighted by Crippen LogP contribution is -2.49. The van der Waals surface area contributed by atoms with Gasteiger partial charge in [-0.15, -0.1) is 0 Å². The first-order valence-electron chi connectivity index (χ1n) is 13.2. The van der Waals surface area contributed by atoms with Crippen LogP contribution >= 0.6 is 0 Å². The number of amides is 2. The molecular formula is C28H39N3O2. The molecule has 0 radical (unpaired) electrons. The molecule has 5 rings (SSSR count). The van der Waals surface area contributed by atoms with Crippen LogP contribution in [0.5, 0.6) is 0 Å². The fourth-order valence-electron chi connectivity index (χ4n) is 6.54. The number of carbonyl (C=O) groups is 2. The highest BCUT2D eigenvalue weighted by molar-refractivity contribution is 6.01. The number of nitrogens with zero attached hydrogens (tertiary/aromatic N) is 1. The van der Waals surface area contributed by atoms with Crippen LogP contribution in [0.4, 0.5) is 0 Å². The molecule has 0 bridgehead atoms. The molecule has 33 heavy (non-hydrogen) atoms. The predicted molar refractivity (Wildman–Crippen MR) is 131 cm³/mol. The average Bonchev–Trinajstić information content (AvgIpc) is 3.12. The number of nitrogens with one attached hydrogen (secondary N) is 2. The van der Waals surface area contributed by atoms with Gasteiger partial charge in [-0.2, -0.15) is 0 Å². The molecule has 2 saturated carbocycles. The number of carbonyl (C=O) groups excluding carboxylic acids is 2. The summed E-state index contributed by atoms with van der Waals surface area (Å²) in [5.74, 6) is 1.45. The summed E-state index contributed by atoms with van der Waals surface area (Å²) < 4.78 is 0. The van der Waals surface area contributed by atoms with Gasteiger partial charge in [-0.1, -0.05) is 38.5 Å². The Balaban J connectivity index is 1.24. The molecule has 0 aromatic heterocycles. The zero-order chi connectivity index (χ0) is 22.9. The van der Waals surface area contributed by atoms with Crippen molar-refractivity contribution in [2.24, 2.45) is 11.8 Å². The Hall–Kier alpha value is -2.14. The van der Waals surface area contributed by atoms with Crippen LogP contribution in [0.2, 0.25) is 0 Å². The van der Waals surface area contributed by atoms with Gasteiger partial charge in [-0.05, 0) is 86.8 Å². The maximum Gasteiger partial charge on any atom is 0.255 e. The highest BCUT2D eigenvalue weighted by atomic mass is 16.2. The Morgan fingerprint density at radius 3 is 2.64 bits per heavy atom. The van der Waals surface area contributed by atoms with Crippen LogP contribution < -0.4 is 10.6 Å². The zero-order valence-corrected chi connectivity index (χ0v) is 20.1. The van der Waals surface area contributed by atoms with E-state index in [4.69, 9.17) is 0 Å². The second kappa shape index (κ2) is 9.61. The Labute approximate surface area is 198 Å². The van der Waals surface area contributed by atoms with Crippen LogP contribution in [0, 0.1) is 11.8 Å². The van der Waals surface area contributed by atoms with E-state index in [2.05, 4.69) is 36.3 Å². The molecule has 1 saturated heterocycles. The van der Waals surface area contributed by atoms with E-state index in [1.54, 1.807) is 4.90 Å². The summed E-state index contributed by atoms with van der Waals surface area (Å²) in [5.41, 5.74) is 3.93. The number of piperidine rings is 1. The molecule has 3 atom stereocenters. The maximum absolute atomic E-state index is 13.0. The summed E-state index contributed by atoms with van der Waals surface area (Å²) in [6.07, 6.45) is 13.1. The number of fused-ring (bicyclic) bond motifs is 1. The molecule has 0 spiro atoms. The van der Waals surface area contributed by atoms with E-state index in [1.165, 1.54) is 56.9 Å². The van der Waals surface area contributed by atoms with Crippen LogP contribution in [-0.2, 0) is 17.8 Å². The minimum Gasteiger partial charge on any atom is -0.329 e. The molecule has 3 fully saturated rings. The lowest BCUT2D eigenvalue weighted by molar-refractivity contribution is -0.126. The third-order valence-corrected chi connectivity index (χ3v) is 8.57. The van der Waals surface area contributed by atoms with Gasteiger partial charge in [0.15, 0.2) is 0 Å². The predicted octanol–water partition coefficient (Wildman–Crippen LogP) is 4.70. The SMILES string of the molecule is C=C1CCC(N2Cc3cc(C[C@H]4CCCC[C@@H]4NC4CCC(C)CC4)ccc3C2=O)C(=O)N1. The van der Waals surface area contributed by atoms with Gasteiger partial charge in [-0.3, -0.25) is 9.59 Å². The molecule has 1 aromatic rings. The second-order valence-corrected chi connectivity index (χ2v) is 11.1. The smallest absolute Gasteiger partial charge is 0.255 e. The maximum atomic E-state index is 13.0. The molecule has 2 N–H and O–H groups in total. The minimum atomic E-state index is -0.385. The van der Waals surface area contributed by atoms with Crippen molar-refractivity contribution < 1.29 is 9.59 Å². The van der Waals surface area contributed by atoms with Gasteiger partial charge >= 0.3 is 0 Å². The van der Waals surface area contributed by atoms with Crippen molar-refractivity contribution in [1.82, 2.24) is 15.5 Å². The van der Waals surface area contributed by atoms with Crippen molar-refractivity contribution in [2.45, 2.75) is 102 Å². The van der Waals surface area contributed by atoms with Crippen LogP contribution in [0.1, 0.15) is 92.6 Å². The Morgan fingerprint density at radius 2 is 1.85 bits per heavy atom. The van der Waals surface area contributed by atoms with Crippen molar-refractivity contribution in [1.29, 1.82) is 0 Å². The fraction of sp³-hybridized carbons (Fsp3) is 0.643. The molecule has 4 aliphatic rings. The Kier molecular flexibility index (Phi) is 6.60. The quantitative estimate of drug-likeness (QED) is 0.685. The fourth-order valence-corrected chi connectivity index (χ4v) is 6.54. The standard InChI is InChI=1S/C28H39N3O2/c1-18-7-11-23(12-8-18)30-25-6-4-3-5-21(25)15-20-10-13-24-22(16-20)17-31(28(24)33)26-14-9-19(2)29-27(26)32/h10,13,16,18,21,23,25-26,30H,2-9,11-12,14-15,17H2,1H3,(H,29,32)/t18?,21-,23?,25+,26?/m1/s1. The first-order chi connectivity index (χ1) is 16.0. The number of hydrogen-bond donors (Lipinski definition) is 2. The van der Waals surface area contributed by atoms with E-state index in [9.17, 15) is 9.59 Å². The lowest BCUT2D eigenvalue weighted by Gasteiger charge is -2.37. The molecule has 178 valence electrons. The van der Waals surface area contributed by atoms with E-state index in [-0.39, 0.29) is 17.9 Å². The number of hydrogen-bond acceptors (Lipinski definition) is 3.